The molecule has 2 atom stereocenters. The highest BCUT2D eigenvalue weighted by Gasteiger charge is 2.42. The largest absolute Gasteiger partial charge is 0.505 e. The Labute approximate surface area is 153 Å². The van der Waals surface area contributed by atoms with Crippen LogP contribution < -0.4 is 4.90 Å². The van der Waals surface area contributed by atoms with Gasteiger partial charge < -0.3 is 10.0 Å². The third-order valence-corrected chi connectivity index (χ3v) is 6.01. The first-order chi connectivity index (χ1) is 12.5. The second kappa shape index (κ2) is 6.75. The quantitative estimate of drug-likeness (QED) is 0.826. The molecule has 1 aliphatic heterocycles. The van der Waals surface area contributed by atoms with Crippen LogP contribution in [0.25, 0.3) is 0 Å². The fourth-order valence-corrected chi connectivity index (χ4v) is 4.87. The number of anilines is 1. The molecule has 0 unspecified atom stereocenters. The Balaban J connectivity index is 1.49. The number of fused-ring (bicyclic) bond motifs is 1. The number of nitrogens with zero attached hydrogens (tertiary/aromatic N) is 1. The highest BCUT2D eigenvalue weighted by molar-refractivity contribution is 6.00. The van der Waals surface area contributed by atoms with Gasteiger partial charge in [-0.2, -0.15) is 0 Å². The lowest BCUT2D eigenvalue weighted by Gasteiger charge is -2.24. The number of rotatable bonds is 4. The van der Waals surface area contributed by atoms with Gasteiger partial charge in [-0.3, -0.25) is 4.79 Å². The predicted molar refractivity (Wildman–Crippen MR) is 100 cm³/mol. The summed E-state index contributed by atoms with van der Waals surface area (Å²) in [6.45, 7) is 2.97. The SMILES string of the molecule is CC(=O)c1ccc(O)c(F)c1N1C[C@@H]2CC(Cc3ccccc3)C[C@H]2C1. The number of halogens is 1. The Hall–Kier alpha value is -2.36. The summed E-state index contributed by atoms with van der Waals surface area (Å²) in [5.74, 6) is 0.520. The second-order valence-corrected chi connectivity index (χ2v) is 7.80. The van der Waals surface area contributed by atoms with Crippen molar-refractivity contribution in [1.29, 1.82) is 0 Å². The van der Waals surface area contributed by atoms with Crippen molar-refractivity contribution in [2.45, 2.75) is 26.2 Å². The molecule has 0 amide bonds. The molecule has 26 heavy (non-hydrogen) atoms. The summed E-state index contributed by atoms with van der Waals surface area (Å²) in [6.07, 6.45) is 3.39. The zero-order chi connectivity index (χ0) is 18.3. The summed E-state index contributed by atoms with van der Waals surface area (Å²) in [5.41, 5.74) is 2.03. The monoisotopic (exact) mass is 353 g/mol. The van der Waals surface area contributed by atoms with Gasteiger partial charge >= 0.3 is 0 Å². The molecule has 1 heterocycles. The molecule has 0 bridgehead atoms. The van der Waals surface area contributed by atoms with Gasteiger partial charge in [-0.05, 0) is 61.6 Å². The van der Waals surface area contributed by atoms with E-state index in [2.05, 4.69) is 24.3 Å². The van der Waals surface area contributed by atoms with E-state index in [0.717, 1.165) is 32.4 Å². The zero-order valence-corrected chi connectivity index (χ0v) is 15.0. The van der Waals surface area contributed by atoms with E-state index in [1.165, 1.54) is 24.6 Å². The Bertz CT molecular complexity index is 806. The molecule has 1 saturated heterocycles. The Morgan fingerprint density at radius 3 is 2.38 bits per heavy atom. The van der Waals surface area contributed by atoms with Crippen molar-refractivity contribution >= 4 is 11.5 Å². The Morgan fingerprint density at radius 1 is 1.12 bits per heavy atom. The first kappa shape index (κ1) is 17.1. The number of phenolic OH excluding ortho intramolecular Hbond substituents is 1. The lowest BCUT2D eigenvalue weighted by Crippen LogP contribution is -2.25. The van der Waals surface area contributed by atoms with Crippen molar-refractivity contribution in [3.63, 3.8) is 0 Å². The average molecular weight is 353 g/mol. The van der Waals surface area contributed by atoms with Crippen LogP contribution in [0.2, 0.25) is 0 Å². The van der Waals surface area contributed by atoms with Gasteiger partial charge in [-0.25, -0.2) is 4.39 Å². The van der Waals surface area contributed by atoms with Crippen LogP contribution in [-0.4, -0.2) is 24.0 Å². The lowest BCUT2D eigenvalue weighted by atomic mass is 9.96. The van der Waals surface area contributed by atoms with Gasteiger partial charge in [0.1, 0.15) is 0 Å². The van der Waals surface area contributed by atoms with E-state index in [1.54, 1.807) is 0 Å². The number of benzene rings is 2. The summed E-state index contributed by atoms with van der Waals surface area (Å²) in [5, 5.41) is 9.76. The number of carbonyl (C=O) groups is 1. The number of carbonyl (C=O) groups excluding carboxylic acids is 1. The molecular weight excluding hydrogens is 329 g/mol. The Morgan fingerprint density at radius 2 is 1.77 bits per heavy atom. The molecule has 0 spiro atoms. The molecular formula is C22H24FNO2. The molecule has 2 aromatic rings. The van der Waals surface area contributed by atoms with E-state index in [9.17, 15) is 14.3 Å². The number of aromatic hydroxyl groups is 1. The predicted octanol–water partition coefficient (Wildman–Crippen LogP) is 4.44. The van der Waals surface area contributed by atoms with Crippen molar-refractivity contribution in [1.82, 2.24) is 0 Å². The minimum atomic E-state index is -0.668. The van der Waals surface area contributed by atoms with Crippen LogP contribution in [0.1, 0.15) is 35.7 Å². The molecule has 2 aromatic carbocycles. The van der Waals surface area contributed by atoms with Crippen molar-refractivity contribution in [3.05, 3.63) is 59.4 Å². The number of ketones is 1. The lowest BCUT2D eigenvalue weighted by molar-refractivity contribution is 0.101. The number of Topliss-reactive ketones (excluding diaryl/α,β-unsaturated/α-hetero) is 1. The maximum absolute atomic E-state index is 14.6. The van der Waals surface area contributed by atoms with Crippen LogP contribution in [0, 0.1) is 23.6 Å². The van der Waals surface area contributed by atoms with Gasteiger partial charge in [0.2, 0.25) is 0 Å². The molecule has 1 aliphatic carbocycles. The third kappa shape index (κ3) is 3.09. The molecule has 2 aliphatic rings. The summed E-state index contributed by atoms with van der Waals surface area (Å²) >= 11 is 0. The number of hydrogen-bond acceptors (Lipinski definition) is 3. The topological polar surface area (TPSA) is 40.5 Å². The van der Waals surface area contributed by atoms with Gasteiger partial charge in [0.15, 0.2) is 17.3 Å². The zero-order valence-electron chi connectivity index (χ0n) is 15.0. The van der Waals surface area contributed by atoms with Crippen molar-refractivity contribution in [2.24, 2.45) is 17.8 Å². The molecule has 0 radical (unpaired) electrons. The van der Waals surface area contributed by atoms with E-state index in [-0.39, 0.29) is 17.2 Å². The first-order valence-corrected chi connectivity index (χ1v) is 9.34. The maximum atomic E-state index is 14.6. The number of phenols is 1. The molecule has 4 rings (SSSR count). The number of hydrogen-bond donors (Lipinski definition) is 1. The smallest absolute Gasteiger partial charge is 0.188 e. The normalized spacial score (nSPS) is 22.6. The van der Waals surface area contributed by atoms with Gasteiger partial charge in [0, 0.05) is 18.7 Å². The van der Waals surface area contributed by atoms with Gasteiger partial charge in [0.05, 0.1) is 5.69 Å². The van der Waals surface area contributed by atoms with Crippen LogP contribution in [-0.2, 0) is 6.42 Å². The molecule has 136 valence electrons. The molecule has 0 aromatic heterocycles. The van der Waals surface area contributed by atoms with Crippen LogP contribution in [0.15, 0.2) is 42.5 Å². The molecule has 4 heteroatoms. The highest BCUT2D eigenvalue weighted by atomic mass is 19.1. The molecule has 1 saturated carbocycles. The first-order valence-electron chi connectivity index (χ1n) is 9.34. The maximum Gasteiger partial charge on any atom is 0.188 e. The van der Waals surface area contributed by atoms with Crippen LogP contribution in [0.3, 0.4) is 0 Å². The van der Waals surface area contributed by atoms with E-state index in [0.29, 0.717) is 23.3 Å². The third-order valence-electron chi connectivity index (χ3n) is 6.01. The van der Waals surface area contributed by atoms with Gasteiger partial charge in [0.25, 0.3) is 0 Å². The summed E-state index contributed by atoms with van der Waals surface area (Å²) in [4.78, 5) is 13.9. The van der Waals surface area contributed by atoms with Crippen LogP contribution >= 0.6 is 0 Å². The van der Waals surface area contributed by atoms with Crippen LogP contribution in [0.4, 0.5) is 10.1 Å². The Kier molecular flexibility index (Phi) is 4.43. The van der Waals surface area contributed by atoms with Crippen molar-refractivity contribution in [3.8, 4) is 5.75 Å². The van der Waals surface area contributed by atoms with E-state index in [1.807, 2.05) is 11.0 Å². The molecule has 3 nitrogen and oxygen atoms in total. The highest BCUT2D eigenvalue weighted by Crippen LogP contribution is 2.45. The minimum Gasteiger partial charge on any atom is -0.505 e. The average Bonchev–Trinajstić information content (AvgIpc) is 3.16. The minimum absolute atomic E-state index is 0.169. The van der Waals surface area contributed by atoms with E-state index in [4.69, 9.17) is 0 Å². The summed E-state index contributed by atoms with van der Waals surface area (Å²) in [6, 6.07) is 13.4. The van der Waals surface area contributed by atoms with Crippen LogP contribution in [0.5, 0.6) is 5.75 Å². The van der Waals surface area contributed by atoms with Gasteiger partial charge in [-0.1, -0.05) is 30.3 Å². The second-order valence-electron chi connectivity index (χ2n) is 7.80. The van der Waals surface area contributed by atoms with Crippen molar-refractivity contribution in [2.75, 3.05) is 18.0 Å². The van der Waals surface area contributed by atoms with Crippen molar-refractivity contribution < 1.29 is 14.3 Å². The fraction of sp³-hybridized carbons (Fsp3) is 0.409. The van der Waals surface area contributed by atoms with E-state index >= 15 is 0 Å². The standard InChI is InChI=1S/C22H24FNO2/c1-14(25)19-7-8-20(26)21(23)22(19)24-12-17-10-16(11-18(17)13-24)9-15-5-3-2-4-6-15/h2-8,16-18,26H,9-13H2,1H3/t17-,18-/m0/s1. The van der Waals surface area contributed by atoms with Gasteiger partial charge in [-0.15, -0.1) is 0 Å². The van der Waals surface area contributed by atoms with E-state index < -0.39 is 5.82 Å². The molecule has 2 fully saturated rings. The fourth-order valence-electron chi connectivity index (χ4n) is 4.87. The summed E-state index contributed by atoms with van der Waals surface area (Å²) < 4.78 is 14.6. The molecule has 1 N–H and O–H groups in total. The summed E-state index contributed by atoms with van der Waals surface area (Å²) in [7, 11) is 0.